The number of carboxylic acid groups (broad SMARTS) is 1. The Balaban J connectivity index is 2.31. The zero-order valence-electron chi connectivity index (χ0n) is 12.4. The van der Waals surface area contributed by atoms with Crippen molar-refractivity contribution in [3.63, 3.8) is 0 Å². The average Bonchev–Trinajstić information content (AvgIpc) is 2.37. The van der Waals surface area contributed by atoms with Crippen molar-refractivity contribution in [2.24, 2.45) is 17.8 Å². The van der Waals surface area contributed by atoms with E-state index in [2.05, 4.69) is 13.8 Å². The summed E-state index contributed by atoms with van der Waals surface area (Å²) >= 11 is 0. The second kappa shape index (κ2) is 7.51. The van der Waals surface area contributed by atoms with Crippen molar-refractivity contribution >= 4 is 11.9 Å². The first-order valence-electron chi connectivity index (χ1n) is 7.39. The first-order valence-corrected chi connectivity index (χ1v) is 7.39. The Hall–Kier alpha value is -1.06. The van der Waals surface area contributed by atoms with Crippen molar-refractivity contribution in [2.45, 2.75) is 52.4 Å². The molecule has 0 aromatic rings. The summed E-state index contributed by atoms with van der Waals surface area (Å²) in [6.45, 7) is 5.19. The highest BCUT2D eigenvalue weighted by molar-refractivity contribution is 5.79. The smallest absolute Gasteiger partial charge is 0.306 e. The van der Waals surface area contributed by atoms with Crippen molar-refractivity contribution < 1.29 is 14.7 Å². The summed E-state index contributed by atoms with van der Waals surface area (Å²) in [5.74, 6) is -0.0340. The van der Waals surface area contributed by atoms with Crippen molar-refractivity contribution in [2.75, 3.05) is 13.6 Å². The van der Waals surface area contributed by atoms with Gasteiger partial charge >= 0.3 is 5.97 Å². The third-order valence-electron chi connectivity index (χ3n) is 4.08. The topological polar surface area (TPSA) is 57.6 Å². The maximum atomic E-state index is 12.2. The molecule has 0 spiro atoms. The molecule has 1 aliphatic rings. The van der Waals surface area contributed by atoms with Crippen LogP contribution >= 0.6 is 0 Å². The molecule has 0 aromatic carbocycles. The normalized spacial score (nSPS) is 23.4. The van der Waals surface area contributed by atoms with Crippen LogP contribution in [0, 0.1) is 17.8 Å². The van der Waals surface area contributed by atoms with E-state index < -0.39 is 5.97 Å². The molecule has 1 amide bonds. The highest BCUT2D eigenvalue weighted by Crippen LogP contribution is 2.30. The summed E-state index contributed by atoms with van der Waals surface area (Å²) in [5, 5.41) is 8.95. The van der Waals surface area contributed by atoms with Crippen LogP contribution in [0.25, 0.3) is 0 Å². The number of aliphatic carboxylic acids is 1. The van der Waals surface area contributed by atoms with Crippen LogP contribution < -0.4 is 0 Å². The van der Waals surface area contributed by atoms with Gasteiger partial charge in [0, 0.05) is 19.5 Å². The molecular weight excluding hydrogens is 242 g/mol. The van der Waals surface area contributed by atoms with Crippen LogP contribution in [0.5, 0.6) is 0 Å². The minimum Gasteiger partial charge on any atom is -0.481 e. The number of carboxylic acids is 1. The summed E-state index contributed by atoms with van der Waals surface area (Å²) < 4.78 is 0. The minimum absolute atomic E-state index is 0.0413. The van der Waals surface area contributed by atoms with Gasteiger partial charge in [-0.1, -0.05) is 13.8 Å². The Bertz CT molecular complexity index is 307. The third kappa shape index (κ3) is 5.21. The lowest BCUT2D eigenvalue weighted by atomic mass is 9.81. The molecule has 4 heteroatoms. The second-order valence-corrected chi connectivity index (χ2v) is 6.18. The van der Waals surface area contributed by atoms with Gasteiger partial charge in [-0.05, 0) is 44.4 Å². The quantitative estimate of drug-likeness (QED) is 0.806. The van der Waals surface area contributed by atoms with Gasteiger partial charge in [0.25, 0.3) is 0 Å². The predicted molar refractivity (Wildman–Crippen MR) is 74.8 cm³/mol. The number of hydrogen-bond acceptors (Lipinski definition) is 2. The molecule has 1 N–H and O–H groups in total. The van der Waals surface area contributed by atoms with Crippen LogP contribution in [0.1, 0.15) is 52.4 Å². The lowest BCUT2D eigenvalue weighted by Gasteiger charge is -2.29. The average molecular weight is 269 g/mol. The van der Waals surface area contributed by atoms with Gasteiger partial charge in [0.1, 0.15) is 0 Å². The standard InChI is InChI=1S/C15H27NO3/c1-11(2)5-4-10-16(3)14(17)12-6-8-13(9-7-12)15(18)19/h11-13H,4-10H2,1-3H3,(H,18,19). The van der Waals surface area contributed by atoms with E-state index in [-0.39, 0.29) is 17.7 Å². The molecule has 1 fully saturated rings. The molecule has 0 unspecified atom stereocenters. The molecule has 1 saturated carbocycles. The van der Waals surface area contributed by atoms with Gasteiger partial charge in [0.2, 0.25) is 5.91 Å². The van der Waals surface area contributed by atoms with E-state index in [1.165, 1.54) is 0 Å². The first kappa shape index (κ1) is 16.0. The Kier molecular flexibility index (Phi) is 6.32. The maximum absolute atomic E-state index is 12.2. The van der Waals surface area contributed by atoms with E-state index in [0.717, 1.165) is 32.2 Å². The number of carbonyl (C=O) groups is 2. The van der Waals surface area contributed by atoms with Crippen molar-refractivity contribution in [3.05, 3.63) is 0 Å². The molecule has 0 saturated heterocycles. The van der Waals surface area contributed by atoms with E-state index in [4.69, 9.17) is 5.11 Å². The predicted octanol–water partition coefficient (Wildman–Crippen LogP) is 2.77. The number of nitrogens with zero attached hydrogens (tertiary/aromatic N) is 1. The fourth-order valence-corrected chi connectivity index (χ4v) is 2.75. The molecule has 4 nitrogen and oxygen atoms in total. The molecule has 0 atom stereocenters. The van der Waals surface area contributed by atoms with Gasteiger partial charge in [-0.2, -0.15) is 0 Å². The molecule has 19 heavy (non-hydrogen) atoms. The number of hydrogen-bond donors (Lipinski definition) is 1. The van der Waals surface area contributed by atoms with E-state index in [1.54, 1.807) is 0 Å². The molecule has 1 rings (SSSR count). The Labute approximate surface area is 116 Å². The van der Waals surface area contributed by atoms with Gasteiger partial charge in [-0.15, -0.1) is 0 Å². The number of carbonyl (C=O) groups excluding carboxylic acids is 1. The van der Waals surface area contributed by atoms with Gasteiger partial charge < -0.3 is 10.0 Å². The van der Waals surface area contributed by atoms with Crippen LogP contribution in [0.15, 0.2) is 0 Å². The van der Waals surface area contributed by atoms with E-state index >= 15 is 0 Å². The summed E-state index contributed by atoms with van der Waals surface area (Å²) in [6.07, 6.45) is 4.93. The van der Waals surface area contributed by atoms with Crippen LogP contribution in [-0.2, 0) is 9.59 Å². The van der Waals surface area contributed by atoms with Crippen molar-refractivity contribution in [3.8, 4) is 0 Å². The molecular formula is C15H27NO3. The van der Waals surface area contributed by atoms with Gasteiger partial charge in [0.05, 0.1) is 5.92 Å². The molecule has 0 aromatic heterocycles. The Morgan fingerprint density at radius 1 is 1.16 bits per heavy atom. The number of rotatable bonds is 6. The fourth-order valence-electron chi connectivity index (χ4n) is 2.75. The van der Waals surface area contributed by atoms with E-state index in [1.807, 2.05) is 11.9 Å². The SMILES string of the molecule is CC(C)CCCN(C)C(=O)C1CCC(C(=O)O)CC1. The molecule has 0 radical (unpaired) electrons. The Morgan fingerprint density at radius 2 is 1.68 bits per heavy atom. The van der Waals surface area contributed by atoms with Gasteiger partial charge in [-0.3, -0.25) is 9.59 Å². The molecule has 1 aliphatic carbocycles. The highest BCUT2D eigenvalue weighted by Gasteiger charge is 2.30. The first-order chi connectivity index (χ1) is 8.91. The molecule has 0 bridgehead atoms. The van der Waals surface area contributed by atoms with Crippen LogP contribution in [-0.4, -0.2) is 35.5 Å². The zero-order valence-corrected chi connectivity index (χ0v) is 12.4. The summed E-state index contributed by atoms with van der Waals surface area (Å²) in [6, 6.07) is 0. The van der Waals surface area contributed by atoms with Crippen LogP contribution in [0.2, 0.25) is 0 Å². The largest absolute Gasteiger partial charge is 0.481 e. The lowest BCUT2D eigenvalue weighted by molar-refractivity contribution is -0.145. The van der Waals surface area contributed by atoms with Gasteiger partial charge in [-0.25, -0.2) is 0 Å². The third-order valence-corrected chi connectivity index (χ3v) is 4.08. The maximum Gasteiger partial charge on any atom is 0.306 e. The second-order valence-electron chi connectivity index (χ2n) is 6.18. The van der Waals surface area contributed by atoms with Crippen LogP contribution in [0.4, 0.5) is 0 Å². The number of amides is 1. The van der Waals surface area contributed by atoms with E-state index in [9.17, 15) is 9.59 Å². The van der Waals surface area contributed by atoms with E-state index in [0.29, 0.717) is 18.8 Å². The van der Waals surface area contributed by atoms with Gasteiger partial charge in [0.15, 0.2) is 0 Å². The highest BCUT2D eigenvalue weighted by atomic mass is 16.4. The molecule has 0 aliphatic heterocycles. The van der Waals surface area contributed by atoms with Crippen molar-refractivity contribution in [1.82, 2.24) is 4.90 Å². The fraction of sp³-hybridized carbons (Fsp3) is 0.867. The molecule has 0 heterocycles. The zero-order chi connectivity index (χ0) is 14.4. The summed E-state index contributed by atoms with van der Waals surface area (Å²) in [4.78, 5) is 24.9. The summed E-state index contributed by atoms with van der Waals surface area (Å²) in [7, 11) is 1.87. The van der Waals surface area contributed by atoms with Crippen LogP contribution in [0.3, 0.4) is 0 Å². The minimum atomic E-state index is -0.712. The van der Waals surface area contributed by atoms with Crippen molar-refractivity contribution in [1.29, 1.82) is 0 Å². The monoisotopic (exact) mass is 269 g/mol. The Morgan fingerprint density at radius 3 is 2.16 bits per heavy atom. The lowest BCUT2D eigenvalue weighted by Crippen LogP contribution is -2.36. The summed E-state index contributed by atoms with van der Waals surface area (Å²) in [5.41, 5.74) is 0. The molecule has 110 valence electrons.